The molecule has 1 N–H and O–H groups in total. The zero-order valence-corrected chi connectivity index (χ0v) is 22.2. The number of aryl methyl sites for hydroxylation is 1. The van der Waals surface area contributed by atoms with Crippen LogP contribution in [-0.4, -0.2) is 52.0 Å². The SMILES string of the molecule is O=[N+]([O-])c1cn(CC[C@@H](O)COc2ccc(N3CCC(CCOc4ccc(F)c(Cl)c4)CC3)cc2)c(Cl)n1. The number of aliphatic hydroxyl groups is 1. The molecule has 1 aromatic heterocycles. The number of imidazole rings is 1. The lowest BCUT2D eigenvalue weighted by atomic mass is 9.93. The lowest BCUT2D eigenvalue weighted by Gasteiger charge is -2.33. The highest BCUT2D eigenvalue weighted by Crippen LogP contribution is 2.28. The smallest absolute Gasteiger partial charge is 0.383 e. The molecule has 1 atom stereocenters. The van der Waals surface area contributed by atoms with Crippen molar-refractivity contribution in [2.24, 2.45) is 5.92 Å². The number of hydrogen-bond donors (Lipinski definition) is 1. The third-order valence-electron chi connectivity index (χ3n) is 6.55. The number of halogens is 3. The van der Waals surface area contributed by atoms with Gasteiger partial charge in [0.2, 0.25) is 0 Å². The molecule has 0 aliphatic carbocycles. The molecule has 0 bridgehead atoms. The Kier molecular flexibility index (Phi) is 9.65. The number of aromatic nitrogens is 2. The molecule has 0 radical (unpaired) electrons. The molecule has 0 saturated carbocycles. The fraction of sp³-hybridized carbons (Fsp3) is 0.423. The summed E-state index contributed by atoms with van der Waals surface area (Å²) in [6, 6.07) is 12.2. The van der Waals surface area contributed by atoms with Crippen molar-refractivity contribution >= 4 is 34.7 Å². The van der Waals surface area contributed by atoms with Gasteiger partial charge in [0, 0.05) is 31.4 Å². The first-order valence-electron chi connectivity index (χ1n) is 12.4. The molecule has 0 amide bonds. The molecule has 204 valence electrons. The topological polar surface area (TPSA) is 103 Å². The van der Waals surface area contributed by atoms with Gasteiger partial charge in [0.05, 0.1) is 17.7 Å². The van der Waals surface area contributed by atoms with Crippen molar-refractivity contribution in [3.63, 3.8) is 0 Å². The van der Waals surface area contributed by atoms with Crippen LogP contribution >= 0.6 is 23.2 Å². The van der Waals surface area contributed by atoms with Gasteiger partial charge in [0.15, 0.2) is 0 Å². The van der Waals surface area contributed by atoms with Crippen LogP contribution in [0.3, 0.4) is 0 Å². The van der Waals surface area contributed by atoms with E-state index in [0.717, 1.165) is 38.0 Å². The summed E-state index contributed by atoms with van der Waals surface area (Å²) in [5, 5.41) is 21.1. The summed E-state index contributed by atoms with van der Waals surface area (Å²) in [5.41, 5.74) is 1.12. The maximum Gasteiger partial charge on any atom is 0.383 e. The Hall–Kier alpha value is -3.08. The fourth-order valence-corrected chi connectivity index (χ4v) is 4.72. The predicted molar refractivity (Wildman–Crippen MR) is 143 cm³/mol. The van der Waals surface area contributed by atoms with Crippen LogP contribution in [0.15, 0.2) is 48.7 Å². The van der Waals surface area contributed by atoms with Gasteiger partial charge in [-0.1, -0.05) is 11.6 Å². The van der Waals surface area contributed by atoms with Gasteiger partial charge in [0.25, 0.3) is 0 Å². The molecule has 12 heteroatoms. The van der Waals surface area contributed by atoms with Crippen LogP contribution in [0.5, 0.6) is 11.5 Å². The zero-order valence-electron chi connectivity index (χ0n) is 20.6. The number of rotatable bonds is 12. The van der Waals surface area contributed by atoms with Gasteiger partial charge in [-0.2, -0.15) is 0 Å². The first-order chi connectivity index (χ1) is 18.3. The molecular weight excluding hydrogens is 538 g/mol. The second-order valence-electron chi connectivity index (χ2n) is 9.21. The standard InChI is InChI=1S/C26H29Cl2FN4O5/c27-23-15-22(5-6-24(23)29)37-14-10-18-7-11-31(12-8-18)19-1-3-21(4-2-19)38-17-20(34)9-13-32-16-25(33(35)36)30-26(32)28/h1-6,15-16,18,20,34H,7-14,17H2/t20-/m1/s1. The molecule has 4 rings (SSSR count). The number of ether oxygens (including phenoxy) is 2. The van der Waals surface area contributed by atoms with Crippen LogP contribution in [0, 0.1) is 21.8 Å². The van der Waals surface area contributed by atoms with E-state index in [-0.39, 0.29) is 29.3 Å². The molecule has 1 aliphatic rings. The normalized spacial score (nSPS) is 14.9. The average Bonchev–Trinajstić information content (AvgIpc) is 3.30. The number of nitrogens with zero attached hydrogens (tertiary/aromatic N) is 4. The minimum atomic E-state index is -0.768. The third kappa shape index (κ3) is 7.72. The Morgan fingerprint density at radius 3 is 2.50 bits per heavy atom. The Morgan fingerprint density at radius 1 is 1.13 bits per heavy atom. The van der Waals surface area contributed by atoms with Crippen molar-refractivity contribution in [1.82, 2.24) is 9.55 Å². The maximum absolute atomic E-state index is 13.3. The van der Waals surface area contributed by atoms with Gasteiger partial charge in [0.1, 0.15) is 30.1 Å². The highest BCUT2D eigenvalue weighted by molar-refractivity contribution is 6.30. The van der Waals surface area contributed by atoms with Crippen LogP contribution in [0.4, 0.5) is 15.9 Å². The van der Waals surface area contributed by atoms with Gasteiger partial charge in [-0.25, -0.2) is 4.39 Å². The number of anilines is 1. The average molecular weight is 567 g/mol. The van der Waals surface area contributed by atoms with E-state index in [4.69, 9.17) is 32.7 Å². The van der Waals surface area contributed by atoms with Crippen LogP contribution in [0.25, 0.3) is 0 Å². The fourth-order valence-electron chi connectivity index (χ4n) is 4.33. The minimum Gasteiger partial charge on any atom is -0.494 e. The second-order valence-corrected chi connectivity index (χ2v) is 9.95. The van der Waals surface area contributed by atoms with Gasteiger partial charge < -0.3 is 29.6 Å². The van der Waals surface area contributed by atoms with E-state index >= 15 is 0 Å². The Labute approximate surface area is 229 Å². The summed E-state index contributed by atoms with van der Waals surface area (Å²) in [4.78, 5) is 16.2. The van der Waals surface area contributed by atoms with E-state index in [2.05, 4.69) is 9.88 Å². The molecule has 1 fully saturated rings. The number of hydrogen-bond acceptors (Lipinski definition) is 7. The number of benzene rings is 2. The van der Waals surface area contributed by atoms with Gasteiger partial charge in [-0.15, -0.1) is 0 Å². The van der Waals surface area contributed by atoms with Crippen molar-refractivity contribution in [2.45, 2.75) is 38.3 Å². The zero-order chi connectivity index (χ0) is 27.1. The molecule has 1 saturated heterocycles. The summed E-state index contributed by atoms with van der Waals surface area (Å²) in [5.74, 6) is 1.02. The van der Waals surface area contributed by atoms with Crippen molar-refractivity contribution in [3.8, 4) is 11.5 Å². The maximum atomic E-state index is 13.3. The van der Waals surface area contributed by atoms with E-state index in [1.807, 2.05) is 24.3 Å². The van der Waals surface area contributed by atoms with Crippen molar-refractivity contribution < 1.29 is 23.9 Å². The third-order valence-corrected chi connectivity index (χ3v) is 7.14. The Balaban J connectivity index is 1.14. The van der Waals surface area contributed by atoms with E-state index < -0.39 is 16.8 Å². The van der Waals surface area contributed by atoms with Crippen LogP contribution in [0.2, 0.25) is 10.3 Å². The number of aliphatic hydroxyl groups excluding tert-OH is 1. The highest BCUT2D eigenvalue weighted by atomic mass is 35.5. The molecular formula is C26H29Cl2FN4O5. The highest BCUT2D eigenvalue weighted by Gasteiger charge is 2.20. The second kappa shape index (κ2) is 13.1. The molecule has 9 nitrogen and oxygen atoms in total. The summed E-state index contributed by atoms with van der Waals surface area (Å²) >= 11 is 11.7. The summed E-state index contributed by atoms with van der Waals surface area (Å²) in [6.07, 6.45) is 3.83. The van der Waals surface area contributed by atoms with E-state index in [1.165, 1.54) is 22.9 Å². The quantitative estimate of drug-likeness (QED) is 0.220. The summed E-state index contributed by atoms with van der Waals surface area (Å²) < 4.78 is 26.1. The lowest BCUT2D eigenvalue weighted by Crippen LogP contribution is -2.34. The van der Waals surface area contributed by atoms with Gasteiger partial charge in [-0.3, -0.25) is 4.57 Å². The molecule has 1 aliphatic heterocycles. The number of piperidine rings is 1. The van der Waals surface area contributed by atoms with E-state index in [0.29, 0.717) is 30.4 Å². The van der Waals surface area contributed by atoms with Crippen LogP contribution in [0.1, 0.15) is 25.7 Å². The molecule has 0 spiro atoms. The number of nitro groups is 1. The first-order valence-corrected chi connectivity index (χ1v) is 13.1. The molecule has 38 heavy (non-hydrogen) atoms. The monoisotopic (exact) mass is 566 g/mol. The van der Waals surface area contributed by atoms with Gasteiger partial charge in [-0.05, 0) is 89.5 Å². The Bertz CT molecular complexity index is 1220. The lowest BCUT2D eigenvalue weighted by molar-refractivity contribution is -0.389. The van der Waals surface area contributed by atoms with E-state index in [9.17, 15) is 19.6 Å². The molecule has 2 aromatic carbocycles. The van der Waals surface area contributed by atoms with Crippen LogP contribution < -0.4 is 14.4 Å². The first kappa shape index (κ1) is 27.9. The van der Waals surface area contributed by atoms with Gasteiger partial charge >= 0.3 is 11.1 Å². The van der Waals surface area contributed by atoms with Crippen molar-refractivity contribution in [1.29, 1.82) is 0 Å². The van der Waals surface area contributed by atoms with E-state index in [1.54, 1.807) is 6.07 Å². The van der Waals surface area contributed by atoms with Crippen molar-refractivity contribution in [2.75, 3.05) is 31.2 Å². The van der Waals surface area contributed by atoms with Crippen molar-refractivity contribution in [3.05, 3.63) is 74.9 Å². The summed E-state index contributed by atoms with van der Waals surface area (Å²) in [7, 11) is 0. The summed E-state index contributed by atoms with van der Waals surface area (Å²) in [6.45, 7) is 2.83. The molecule has 0 unspecified atom stereocenters. The largest absolute Gasteiger partial charge is 0.494 e. The molecule has 3 aromatic rings. The Morgan fingerprint density at radius 2 is 1.84 bits per heavy atom. The molecule has 2 heterocycles. The predicted octanol–water partition coefficient (Wildman–Crippen LogP) is 5.75. The van der Waals surface area contributed by atoms with Crippen LogP contribution in [-0.2, 0) is 6.54 Å². The minimum absolute atomic E-state index is 0.00753.